The molecule has 0 saturated heterocycles. The van der Waals surface area contributed by atoms with Gasteiger partial charge in [0.15, 0.2) is 11.5 Å². The van der Waals surface area contributed by atoms with Crippen molar-refractivity contribution in [1.29, 1.82) is 0 Å². The first-order valence-electron chi connectivity index (χ1n) is 8.66. The van der Waals surface area contributed by atoms with E-state index < -0.39 is 0 Å². The molecular weight excluding hydrogens is 360 g/mol. The lowest BCUT2D eigenvalue weighted by molar-refractivity contribution is 0.292. The van der Waals surface area contributed by atoms with E-state index in [4.69, 9.17) is 9.84 Å². The zero-order valence-electron chi connectivity index (χ0n) is 15.1. The molecule has 0 aliphatic heterocycles. The van der Waals surface area contributed by atoms with Crippen LogP contribution in [0.3, 0.4) is 0 Å². The van der Waals surface area contributed by atoms with Crippen molar-refractivity contribution in [3.8, 4) is 11.5 Å². The first-order valence-corrected chi connectivity index (χ1v) is 9.48. The van der Waals surface area contributed by atoms with Crippen LogP contribution in [0.1, 0.15) is 17.0 Å². The number of nitrogens with zero attached hydrogens (tertiary/aromatic N) is 1. The van der Waals surface area contributed by atoms with Crippen LogP contribution in [-0.4, -0.2) is 35.5 Å². The predicted molar refractivity (Wildman–Crippen MR) is 113 cm³/mol. The Balaban J connectivity index is 1.62. The second kappa shape index (κ2) is 9.21. The molecule has 3 rings (SSSR count). The second-order valence-electron chi connectivity index (χ2n) is 5.89. The van der Waals surface area contributed by atoms with Gasteiger partial charge in [-0.1, -0.05) is 30.4 Å². The fourth-order valence-corrected chi connectivity index (χ4v) is 3.42. The summed E-state index contributed by atoms with van der Waals surface area (Å²) in [5, 5.41) is 22.7. The third kappa shape index (κ3) is 5.09. The zero-order chi connectivity index (χ0) is 19.1. The zero-order valence-corrected chi connectivity index (χ0v) is 15.9. The number of aromatic nitrogens is 1. The summed E-state index contributed by atoms with van der Waals surface area (Å²) in [6.45, 7) is 0.962. The average Bonchev–Trinajstić information content (AvgIpc) is 3.07. The van der Waals surface area contributed by atoms with Crippen molar-refractivity contribution in [2.75, 3.05) is 25.6 Å². The number of aromatic hydroxyl groups is 1. The third-order valence-electron chi connectivity index (χ3n) is 3.92. The van der Waals surface area contributed by atoms with E-state index in [1.807, 2.05) is 48.6 Å². The Morgan fingerprint density at radius 3 is 2.67 bits per heavy atom. The smallest absolute Gasteiger partial charge is 0.162 e. The molecule has 0 aliphatic rings. The minimum absolute atomic E-state index is 0.0972. The van der Waals surface area contributed by atoms with Crippen molar-refractivity contribution in [2.24, 2.45) is 0 Å². The van der Waals surface area contributed by atoms with E-state index in [1.54, 1.807) is 23.5 Å². The molecule has 0 saturated carbocycles. The number of methoxy groups -OCH3 is 1. The van der Waals surface area contributed by atoms with Crippen molar-refractivity contribution in [3.63, 3.8) is 0 Å². The summed E-state index contributed by atoms with van der Waals surface area (Å²) >= 11 is 1.54. The van der Waals surface area contributed by atoms with Gasteiger partial charge in [-0.15, -0.1) is 11.3 Å². The van der Waals surface area contributed by atoms with E-state index in [0.29, 0.717) is 5.75 Å². The summed E-state index contributed by atoms with van der Waals surface area (Å²) < 4.78 is 6.10. The molecule has 1 heterocycles. The largest absolute Gasteiger partial charge is 0.504 e. The van der Waals surface area contributed by atoms with E-state index in [1.165, 1.54) is 7.11 Å². The number of phenols is 1. The lowest BCUT2D eigenvalue weighted by Gasteiger charge is -2.04. The van der Waals surface area contributed by atoms with Crippen molar-refractivity contribution < 1.29 is 14.9 Å². The summed E-state index contributed by atoms with van der Waals surface area (Å²) in [5.41, 5.74) is 2.90. The molecular formula is C21H22N2O3S. The number of fused-ring (bicyclic) bond motifs is 1. The van der Waals surface area contributed by atoms with Gasteiger partial charge in [-0.05, 0) is 30.2 Å². The molecule has 0 unspecified atom stereocenters. The first-order chi connectivity index (χ1) is 13.2. The second-order valence-corrected chi connectivity index (χ2v) is 6.95. The molecule has 6 heteroatoms. The van der Waals surface area contributed by atoms with E-state index in [0.717, 1.165) is 39.4 Å². The maximum atomic E-state index is 9.83. The molecule has 0 spiro atoms. The highest BCUT2D eigenvalue weighted by molar-refractivity contribution is 7.19. The number of phenolic OH excluding ortho intramolecular Hbond substituents is 1. The van der Waals surface area contributed by atoms with Crippen molar-refractivity contribution in [2.45, 2.75) is 6.42 Å². The Hall–Kier alpha value is -2.83. The number of aliphatic hydroxyl groups is 1. The van der Waals surface area contributed by atoms with Gasteiger partial charge < -0.3 is 20.3 Å². The lowest BCUT2D eigenvalue weighted by Crippen LogP contribution is -2.02. The topological polar surface area (TPSA) is 74.6 Å². The molecule has 0 aliphatic carbocycles. The van der Waals surface area contributed by atoms with E-state index in [2.05, 4.69) is 10.3 Å². The Bertz CT molecular complexity index is 946. The van der Waals surface area contributed by atoms with Crippen LogP contribution in [0.15, 0.2) is 48.6 Å². The van der Waals surface area contributed by atoms with E-state index in [9.17, 15) is 5.11 Å². The van der Waals surface area contributed by atoms with Crippen molar-refractivity contribution in [1.82, 2.24) is 4.98 Å². The van der Waals surface area contributed by atoms with Crippen molar-refractivity contribution >= 4 is 39.4 Å². The van der Waals surface area contributed by atoms with E-state index >= 15 is 0 Å². The molecule has 0 atom stereocenters. The first kappa shape index (κ1) is 18.9. The molecule has 27 heavy (non-hydrogen) atoms. The SMILES string of the molecule is COc1cc2sc(/C=C/C=C/c3ccc(NCCCO)cc3)nc2cc1O. The summed E-state index contributed by atoms with van der Waals surface area (Å²) in [7, 11) is 1.53. The molecule has 1 aromatic heterocycles. The minimum atomic E-state index is 0.0972. The normalized spacial score (nSPS) is 11.6. The summed E-state index contributed by atoms with van der Waals surface area (Å²) in [6, 6.07) is 11.5. The fourth-order valence-electron chi connectivity index (χ4n) is 2.53. The number of hydrogen-bond donors (Lipinski definition) is 3. The number of allylic oxidation sites excluding steroid dienone is 2. The minimum Gasteiger partial charge on any atom is -0.504 e. The molecule has 3 aromatic rings. The van der Waals surface area contributed by atoms with Gasteiger partial charge in [0.25, 0.3) is 0 Å². The number of ether oxygens (including phenoxy) is 1. The lowest BCUT2D eigenvalue weighted by atomic mass is 10.2. The summed E-state index contributed by atoms with van der Waals surface area (Å²) in [6.07, 6.45) is 8.62. The van der Waals surface area contributed by atoms with Gasteiger partial charge in [0.2, 0.25) is 0 Å². The molecule has 3 N–H and O–H groups in total. The number of nitrogens with one attached hydrogen (secondary N) is 1. The number of anilines is 1. The predicted octanol–water partition coefficient (Wildman–Crippen LogP) is 4.53. The van der Waals surface area contributed by atoms with Crippen LogP contribution in [0.4, 0.5) is 5.69 Å². The molecule has 0 bridgehead atoms. The quantitative estimate of drug-likeness (QED) is 0.394. The Labute approximate surface area is 162 Å². The summed E-state index contributed by atoms with van der Waals surface area (Å²) in [4.78, 5) is 4.50. The highest BCUT2D eigenvalue weighted by Gasteiger charge is 2.07. The van der Waals surface area contributed by atoms with Crippen LogP contribution in [-0.2, 0) is 0 Å². The van der Waals surface area contributed by atoms with Gasteiger partial charge in [-0.25, -0.2) is 4.98 Å². The molecule has 5 nitrogen and oxygen atoms in total. The number of thiazole rings is 1. The van der Waals surface area contributed by atoms with Gasteiger partial charge in [0.1, 0.15) is 5.01 Å². The number of rotatable bonds is 8. The van der Waals surface area contributed by atoms with Crippen LogP contribution in [0, 0.1) is 0 Å². The monoisotopic (exact) mass is 382 g/mol. The van der Waals surface area contributed by atoms with Gasteiger partial charge in [0, 0.05) is 31.0 Å². The molecule has 0 amide bonds. The summed E-state index contributed by atoms with van der Waals surface area (Å²) in [5.74, 6) is 0.552. The van der Waals surface area contributed by atoms with Gasteiger partial charge >= 0.3 is 0 Å². The average molecular weight is 382 g/mol. The highest BCUT2D eigenvalue weighted by Crippen LogP contribution is 2.34. The van der Waals surface area contributed by atoms with Gasteiger partial charge in [-0.3, -0.25) is 0 Å². The number of hydrogen-bond acceptors (Lipinski definition) is 6. The molecule has 140 valence electrons. The van der Waals surface area contributed by atoms with Crippen LogP contribution < -0.4 is 10.1 Å². The van der Waals surface area contributed by atoms with Crippen LogP contribution in [0.25, 0.3) is 22.4 Å². The number of aliphatic hydroxyl groups excluding tert-OH is 1. The third-order valence-corrected chi connectivity index (χ3v) is 4.90. The molecule has 0 fully saturated rings. The van der Waals surface area contributed by atoms with Gasteiger partial charge in [0.05, 0.1) is 17.3 Å². The Morgan fingerprint density at radius 2 is 1.93 bits per heavy atom. The highest BCUT2D eigenvalue weighted by atomic mass is 32.1. The Morgan fingerprint density at radius 1 is 1.15 bits per heavy atom. The number of benzene rings is 2. The van der Waals surface area contributed by atoms with Crippen LogP contribution in [0.2, 0.25) is 0 Å². The maximum Gasteiger partial charge on any atom is 0.162 e. The van der Waals surface area contributed by atoms with E-state index in [-0.39, 0.29) is 12.4 Å². The van der Waals surface area contributed by atoms with Gasteiger partial charge in [-0.2, -0.15) is 0 Å². The van der Waals surface area contributed by atoms with Crippen LogP contribution in [0.5, 0.6) is 11.5 Å². The molecule has 2 aromatic carbocycles. The maximum absolute atomic E-state index is 9.83. The van der Waals surface area contributed by atoms with Crippen molar-refractivity contribution in [3.05, 3.63) is 59.1 Å². The standard InChI is InChI=1S/C21H22N2O3S/c1-26-19-14-20-17(13-18(19)25)23-21(27-20)6-3-2-5-15-7-9-16(10-8-15)22-11-4-12-24/h2-3,5-10,13-14,22,24-25H,4,11-12H2,1H3/b5-2+,6-3+. The fraction of sp³-hybridized carbons (Fsp3) is 0.190. The van der Waals surface area contributed by atoms with Crippen LogP contribution >= 0.6 is 11.3 Å². The Kier molecular flexibility index (Phi) is 6.46. The molecule has 0 radical (unpaired) electrons.